The molecule has 0 aliphatic carbocycles. The lowest BCUT2D eigenvalue weighted by atomic mass is 10.1. The third-order valence-electron chi connectivity index (χ3n) is 3.89. The first kappa shape index (κ1) is 22.1. The van der Waals surface area contributed by atoms with Gasteiger partial charge in [-0.05, 0) is 56.2 Å². The number of carbonyl (C=O) groups is 2. The SMILES string of the molecule is CC(C)(C)NC(=O)NC(=O)CN(Cc1ccc(C#N)cc1)Cc1cccc(F)c1. The molecule has 0 spiro atoms. The molecule has 0 aromatic heterocycles. The highest BCUT2D eigenvalue weighted by Gasteiger charge is 2.18. The number of nitrogens with one attached hydrogen (secondary N) is 2. The maximum Gasteiger partial charge on any atom is 0.321 e. The molecule has 0 aliphatic heterocycles. The summed E-state index contributed by atoms with van der Waals surface area (Å²) in [5, 5.41) is 13.9. The second-order valence-corrected chi connectivity index (χ2v) is 7.84. The molecule has 0 heterocycles. The Bertz CT molecular complexity index is 898. The molecule has 2 N–H and O–H groups in total. The molecule has 0 unspecified atom stereocenters. The Kier molecular flexibility index (Phi) is 7.46. The lowest BCUT2D eigenvalue weighted by Crippen LogP contribution is -2.50. The van der Waals surface area contributed by atoms with Crippen LogP contribution in [0.4, 0.5) is 9.18 Å². The Morgan fingerprint density at radius 2 is 1.72 bits per heavy atom. The van der Waals surface area contributed by atoms with E-state index in [1.165, 1.54) is 12.1 Å². The molecule has 0 fully saturated rings. The maximum atomic E-state index is 13.5. The summed E-state index contributed by atoms with van der Waals surface area (Å²) in [4.78, 5) is 26.1. The van der Waals surface area contributed by atoms with Crippen LogP contribution >= 0.6 is 0 Å². The van der Waals surface area contributed by atoms with Crippen molar-refractivity contribution in [3.05, 3.63) is 71.0 Å². The minimum atomic E-state index is -0.563. The predicted molar refractivity (Wildman–Crippen MR) is 108 cm³/mol. The first-order chi connectivity index (χ1) is 13.6. The highest BCUT2D eigenvalue weighted by Crippen LogP contribution is 2.12. The molecule has 0 saturated carbocycles. The molecular weight excluding hydrogens is 371 g/mol. The van der Waals surface area contributed by atoms with Crippen molar-refractivity contribution in [3.63, 3.8) is 0 Å². The fraction of sp³-hybridized carbons (Fsp3) is 0.318. The zero-order valence-corrected chi connectivity index (χ0v) is 16.8. The number of benzene rings is 2. The highest BCUT2D eigenvalue weighted by atomic mass is 19.1. The zero-order chi connectivity index (χ0) is 21.4. The number of rotatable bonds is 6. The Morgan fingerprint density at radius 3 is 2.31 bits per heavy atom. The standard InChI is InChI=1S/C22H25FN4O2/c1-22(2,3)26-21(29)25-20(28)15-27(14-18-5-4-6-19(23)11-18)13-17-9-7-16(12-24)8-10-17/h4-11H,13-15H2,1-3H3,(H2,25,26,28,29). The molecule has 152 valence electrons. The van der Waals surface area contributed by atoms with Gasteiger partial charge < -0.3 is 5.32 Å². The lowest BCUT2D eigenvalue weighted by Gasteiger charge is -2.23. The number of halogens is 1. The smallest absolute Gasteiger partial charge is 0.321 e. The summed E-state index contributed by atoms with van der Waals surface area (Å²) >= 11 is 0. The minimum absolute atomic E-state index is 0.0475. The quantitative estimate of drug-likeness (QED) is 0.784. The fourth-order valence-electron chi connectivity index (χ4n) is 2.75. The Hall–Kier alpha value is -3.24. The van der Waals surface area contributed by atoms with Gasteiger partial charge in [0, 0.05) is 18.6 Å². The number of nitriles is 1. The predicted octanol–water partition coefficient (Wildman–Crippen LogP) is 3.32. The van der Waals surface area contributed by atoms with Crippen molar-refractivity contribution in [3.8, 4) is 6.07 Å². The van der Waals surface area contributed by atoms with Crippen LogP contribution in [-0.2, 0) is 17.9 Å². The summed E-state index contributed by atoms with van der Waals surface area (Å²) in [5.74, 6) is -0.813. The molecule has 3 amide bonds. The van der Waals surface area contributed by atoms with E-state index in [1.807, 2.05) is 20.8 Å². The van der Waals surface area contributed by atoms with E-state index in [4.69, 9.17) is 5.26 Å². The van der Waals surface area contributed by atoms with E-state index in [0.29, 0.717) is 24.2 Å². The summed E-state index contributed by atoms with van der Waals surface area (Å²) in [5.41, 5.74) is 1.69. The van der Waals surface area contributed by atoms with Crippen LogP contribution in [0.3, 0.4) is 0 Å². The van der Waals surface area contributed by atoms with Crippen LogP contribution in [0.15, 0.2) is 48.5 Å². The number of carbonyl (C=O) groups excluding carboxylic acids is 2. The summed E-state index contributed by atoms with van der Waals surface area (Å²) in [6, 6.07) is 14.7. The largest absolute Gasteiger partial charge is 0.333 e. The van der Waals surface area contributed by atoms with Crippen molar-refractivity contribution in [2.24, 2.45) is 0 Å². The van der Waals surface area contributed by atoms with E-state index in [-0.39, 0.29) is 12.4 Å². The van der Waals surface area contributed by atoms with Crippen molar-refractivity contribution in [1.82, 2.24) is 15.5 Å². The van der Waals surface area contributed by atoms with E-state index < -0.39 is 17.5 Å². The van der Waals surface area contributed by atoms with Gasteiger partial charge >= 0.3 is 6.03 Å². The molecule has 6 nitrogen and oxygen atoms in total. The minimum Gasteiger partial charge on any atom is -0.333 e. The molecule has 2 aromatic rings. The van der Waals surface area contributed by atoms with Crippen LogP contribution in [0.2, 0.25) is 0 Å². The first-order valence-electron chi connectivity index (χ1n) is 9.22. The molecule has 0 bridgehead atoms. The van der Waals surface area contributed by atoms with Gasteiger partial charge in [-0.1, -0.05) is 24.3 Å². The Labute approximate surface area is 170 Å². The van der Waals surface area contributed by atoms with Gasteiger partial charge in [-0.25, -0.2) is 9.18 Å². The van der Waals surface area contributed by atoms with Crippen LogP contribution in [-0.4, -0.2) is 28.9 Å². The van der Waals surface area contributed by atoms with Gasteiger partial charge in [-0.15, -0.1) is 0 Å². The molecule has 0 radical (unpaired) electrons. The number of amides is 3. The van der Waals surface area contributed by atoms with Crippen molar-refractivity contribution in [2.45, 2.75) is 39.4 Å². The topological polar surface area (TPSA) is 85.2 Å². The normalized spacial score (nSPS) is 11.0. The maximum absolute atomic E-state index is 13.5. The summed E-state index contributed by atoms with van der Waals surface area (Å²) in [7, 11) is 0. The van der Waals surface area contributed by atoms with Crippen molar-refractivity contribution >= 4 is 11.9 Å². The number of hydrogen-bond acceptors (Lipinski definition) is 4. The fourth-order valence-corrected chi connectivity index (χ4v) is 2.75. The average molecular weight is 396 g/mol. The molecule has 7 heteroatoms. The molecular formula is C22H25FN4O2. The van der Waals surface area contributed by atoms with Crippen LogP contribution in [0.1, 0.15) is 37.5 Å². The van der Waals surface area contributed by atoms with Gasteiger partial charge in [0.2, 0.25) is 5.91 Å². The van der Waals surface area contributed by atoms with E-state index in [0.717, 1.165) is 5.56 Å². The summed E-state index contributed by atoms with van der Waals surface area (Å²) in [6.45, 7) is 6.13. The van der Waals surface area contributed by atoms with E-state index in [1.54, 1.807) is 41.3 Å². The Balaban J connectivity index is 2.09. The summed E-state index contributed by atoms with van der Waals surface area (Å²) in [6.07, 6.45) is 0. The third-order valence-corrected chi connectivity index (χ3v) is 3.89. The van der Waals surface area contributed by atoms with Crippen molar-refractivity contribution in [2.75, 3.05) is 6.54 Å². The van der Waals surface area contributed by atoms with Crippen LogP contribution in [0.5, 0.6) is 0 Å². The number of hydrogen-bond donors (Lipinski definition) is 2. The second kappa shape index (κ2) is 9.80. The van der Waals surface area contributed by atoms with Crippen LogP contribution < -0.4 is 10.6 Å². The van der Waals surface area contributed by atoms with Gasteiger partial charge in [0.25, 0.3) is 0 Å². The monoisotopic (exact) mass is 396 g/mol. The van der Waals surface area contributed by atoms with Crippen LogP contribution in [0, 0.1) is 17.1 Å². The molecule has 0 atom stereocenters. The Morgan fingerprint density at radius 1 is 1.07 bits per heavy atom. The second-order valence-electron chi connectivity index (χ2n) is 7.84. The van der Waals surface area contributed by atoms with Gasteiger partial charge in [-0.2, -0.15) is 5.26 Å². The van der Waals surface area contributed by atoms with Gasteiger partial charge in [0.05, 0.1) is 18.2 Å². The third kappa shape index (κ3) is 8.11. The lowest BCUT2D eigenvalue weighted by molar-refractivity contribution is -0.121. The molecule has 0 saturated heterocycles. The zero-order valence-electron chi connectivity index (χ0n) is 16.8. The van der Waals surface area contributed by atoms with E-state index in [9.17, 15) is 14.0 Å². The number of imide groups is 1. The van der Waals surface area contributed by atoms with E-state index >= 15 is 0 Å². The van der Waals surface area contributed by atoms with Gasteiger partial charge in [0.1, 0.15) is 5.82 Å². The molecule has 29 heavy (non-hydrogen) atoms. The molecule has 2 rings (SSSR count). The van der Waals surface area contributed by atoms with Crippen molar-refractivity contribution in [1.29, 1.82) is 5.26 Å². The van der Waals surface area contributed by atoms with Crippen LogP contribution in [0.25, 0.3) is 0 Å². The molecule has 2 aromatic carbocycles. The van der Waals surface area contributed by atoms with Crippen molar-refractivity contribution < 1.29 is 14.0 Å². The highest BCUT2D eigenvalue weighted by molar-refractivity contribution is 5.95. The average Bonchev–Trinajstić information content (AvgIpc) is 2.60. The molecule has 0 aliphatic rings. The summed E-state index contributed by atoms with van der Waals surface area (Å²) < 4.78 is 13.5. The van der Waals surface area contributed by atoms with Gasteiger partial charge in [0.15, 0.2) is 0 Å². The number of urea groups is 1. The van der Waals surface area contributed by atoms with E-state index in [2.05, 4.69) is 16.7 Å². The first-order valence-corrected chi connectivity index (χ1v) is 9.22. The number of nitrogens with zero attached hydrogens (tertiary/aromatic N) is 2. The van der Waals surface area contributed by atoms with Gasteiger partial charge in [-0.3, -0.25) is 15.0 Å².